The van der Waals surface area contributed by atoms with Crippen LogP contribution in [0.4, 0.5) is 15.8 Å². The molecule has 1 aromatic heterocycles. The van der Waals surface area contributed by atoms with Crippen molar-refractivity contribution in [3.8, 4) is 11.5 Å². The molecular formula is C12H13ClN4O2S. The predicted molar refractivity (Wildman–Crippen MR) is 80.0 cm³/mol. The van der Waals surface area contributed by atoms with Gasteiger partial charge in [-0.1, -0.05) is 22.9 Å². The number of benzene rings is 1. The standard InChI is InChI=1S/C12H13ClN4O2S/c1-6-11(20-12(14)15-6)17-16-8-4-7(13)9(18-2)5-10(8)19-3/h4-5H,1-3H3,(H2,14,15). The third-order valence-electron chi connectivity index (χ3n) is 2.49. The van der Waals surface area contributed by atoms with Gasteiger partial charge in [0.25, 0.3) is 0 Å². The molecule has 1 heterocycles. The van der Waals surface area contributed by atoms with Gasteiger partial charge >= 0.3 is 0 Å². The molecule has 0 spiro atoms. The summed E-state index contributed by atoms with van der Waals surface area (Å²) < 4.78 is 10.4. The minimum absolute atomic E-state index is 0.433. The molecule has 20 heavy (non-hydrogen) atoms. The van der Waals surface area contributed by atoms with Gasteiger partial charge in [-0.15, -0.1) is 10.2 Å². The number of nitrogens with two attached hydrogens (primary N) is 1. The topological polar surface area (TPSA) is 82.1 Å². The highest BCUT2D eigenvalue weighted by molar-refractivity contribution is 7.19. The maximum atomic E-state index is 6.06. The summed E-state index contributed by atoms with van der Waals surface area (Å²) in [6, 6.07) is 3.28. The van der Waals surface area contributed by atoms with E-state index in [2.05, 4.69) is 15.2 Å². The maximum Gasteiger partial charge on any atom is 0.182 e. The molecule has 0 unspecified atom stereocenters. The van der Waals surface area contributed by atoms with E-state index >= 15 is 0 Å². The lowest BCUT2D eigenvalue weighted by atomic mass is 10.3. The van der Waals surface area contributed by atoms with Gasteiger partial charge in [0.1, 0.15) is 17.2 Å². The highest BCUT2D eigenvalue weighted by atomic mass is 35.5. The number of methoxy groups -OCH3 is 2. The number of halogens is 1. The minimum Gasteiger partial charge on any atom is -0.495 e. The highest BCUT2D eigenvalue weighted by Crippen LogP contribution is 2.39. The first kappa shape index (κ1) is 14.5. The number of nitrogen functional groups attached to an aromatic ring is 1. The number of azo groups is 1. The van der Waals surface area contributed by atoms with Crippen LogP contribution >= 0.6 is 22.9 Å². The Labute approximate surface area is 125 Å². The van der Waals surface area contributed by atoms with Crippen molar-refractivity contribution in [2.45, 2.75) is 6.92 Å². The minimum atomic E-state index is 0.433. The Morgan fingerprint density at radius 2 is 1.90 bits per heavy atom. The van der Waals surface area contributed by atoms with E-state index in [4.69, 9.17) is 26.8 Å². The first-order valence-corrected chi connectivity index (χ1v) is 6.80. The summed E-state index contributed by atoms with van der Waals surface area (Å²) in [4.78, 5) is 4.08. The summed E-state index contributed by atoms with van der Waals surface area (Å²) in [6.45, 7) is 1.82. The largest absolute Gasteiger partial charge is 0.495 e. The summed E-state index contributed by atoms with van der Waals surface area (Å²) in [6.07, 6.45) is 0. The van der Waals surface area contributed by atoms with Gasteiger partial charge in [-0.2, -0.15) is 0 Å². The van der Waals surface area contributed by atoms with Gasteiger partial charge in [0.15, 0.2) is 10.1 Å². The molecule has 0 saturated heterocycles. The normalized spacial score (nSPS) is 11.0. The number of thiazole rings is 1. The lowest BCUT2D eigenvalue weighted by Gasteiger charge is -2.08. The predicted octanol–water partition coefficient (Wildman–Crippen LogP) is 4.12. The van der Waals surface area contributed by atoms with Crippen molar-refractivity contribution >= 4 is 38.8 Å². The van der Waals surface area contributed by atoms with Crippen molar-refractivity contribution in [2.24, 2.45) is 10.2 Å². The van der Waals surface area contributed by atoms with Crippen LogP contribution in [0.3, 0.4) is 0 Å². The molecule has 0 bridgehead atoms. The van der Waals surface area contributed by atoms with Crippen LogP contribution in [0, 0.1) is 6.92 Å². The zero-order chi connectivity index (χ0) is 14.7. The zero-order valence-electron chi connectivity index (χ0n) is 11.2. The molecule has 0 aliphatic heterocycles. The van der Waals surface area contributed by atoms with Crippen molar-refractivity contribution in [1.82, 2.24) is 4.98 Å². The van der Waals surface area contributed by atoms with Crippen LogP contribution in [-0.2, 0) is 0 Å². The van der Waals surface area contributed by atoms with E-state index in [0.717, 1.165) is 5.69 Å². The van der Waals surface area contributed by atoms with Gasteiger partial charge in [-0.25, -0.2) is 4.98 Å². The van der Waals surface area contributed by atoms with Crippen LogP contribution in [0.1, 0.15) is 5.69 Å². The second-order valence-electron chi connectivity index (χ2n) is 3.80. The van der Waals surface area contributed by atoms with E-state index in [1.807, 2.05) is 6.92 Å². The molecule has 106 valence electrons. The summed E-state index contributed by atoms with van der Waals surface area (Å²) in [5.41, 5.74) is 6.85. The van der Waals surface area contributed by atoms with Crippen LogP contribution in [0.15, 0.2) is 22.4 Å². The fourth-order valence-corrected chi connectivity index (χ4v) is 2.41. The molecule has 2 rings (SSSR count). The summed E-state index contributed by atoms with van der Waals surface area (Å²) in [7, 11) is 3.07. The van der Waals surface area contributed by atoms with Crippen LogP contribution in [0.2, 0.25) is 5.02 Å². The molecule has 1 aromatic carbocycles. The third kappa shape index (κ3) is 3.00. The summed E-state index contributed by atoms with van der Waals surface area (Å²) >= 11 is 7.33. The molecular weight excluding hydrogens is 300 g/mol. The van der Waals surface area contributed by atoms with E-state index in [0.29, 0.717) is 32.3 Å². The number of aryl methyl sites for hydroxylation is 1. The molecule has 0 aliphatic rings. The second-order valence-corrected chi connectivity index (χ2v) is 5.22. The molecule has 0 amide bonds. The number of nitrogens with zero attached hydrogens (tertiary/aromatic N) is 3. The van der Waals surface area contributed by atoms with Gasteiger partial charge in [0.2, 0.25) is 0 Å². The Bertz CT molecular complexity index is 657. The quantitative estimate of drug-likeness (QED) is 0.861. The van der Waals surface area contributed by atoms with Crippen molar-refractivity contribution in [1.29, 1.82) is 0 Å². The Kier molecular flexibility index (Phi) is 4.41. The van der Waals surface area contributed by atoms with Crippen molar-refractivity contribution in [3.63, 3.8) is 0 Å². The lowest BCUT2D eigenvalue weighted by Crippen LogP contribution is -1.88. The average molecular weight is 313 g/mol. The number of anilines is 1. The van der Waals surface area contributed by atoms with Gasteiger partial charge in [0.05, 0.1) is 24.9 Å². The molecule has 0 saturated carbocycles. The van der Waals surface area contributed by atoms with Crippen LogP contribution < -0.4 is 15.2 Å². The maximum absolute atomic E-state index is 6.06. The fraction of sp³-hybridized carbons (Fsp3) is 0.250. The Balaban J connectivity index is 2.37. The van der Waals surface area contributed by atoms with Gasteiger partial charge in [-0.05, 0) is 13.0 Å². The number of ether oxygens (including phenoxy) is 2. The molecule has 0 atom stereocenters. The van der Waals surface area contributed by atoms with Gasteiger partial charge < -0.3 is 15.2 Å². The number of rotatable bonds is 4. The lowest BCUT2D eigenvalue weighted by molar-refractivity contribution is 0.395. The van der Waals surface area contributed by atoms with Crippen molar-refractivity contribution in [3.05, 3.63) is 22.8 Å². The molecule has 8 heteroatoms. The third-order valence-corrected chi connectivity index (χ3v) is 3.66. The van der Waals surface area contributed by atoms with Gasteiger partial charge in [-0.3, -0.25) is 0 Å². The summed E-state index contributed by atoms with van der Waals surface area (Å²) in [5.74, 6) is 1.03. The SMILES string of the molecule is COc1cc(OC)c(N=Nc2sc(N)nc2C)cc1Cl. The van der Waals surface area contributed by atoms with E-state index < -0.39 is 0 Å². The smallest absolute Gasteiger partial charge is 0.182 e. The van der Waals surface area contributed by atoms with Crippen LogP contribution in [0.5, 0.6) is 11.5 Å². The van der Waals surface area contributed by atoms with Crippen molar-refractivity contribution < 1.29 is 9.47 Å². The van der Waals surface area contributed by atoms with E-state index in [1.54, 1.807) is 12.1 Å². The zero-order valence-corrected chi connectivity index (χ0v) is 12.7. The monoisotopic (exact) mass is 312 g/mol. The van der Waals surface area contributed by atoms with Crippen molar-refractivity contribution in [2.75, 3.05) is 20.0 Å². The molecule has 6 nitrogen and oxygen atoms in total. The summed E-state index contributed by atoms with van der Waals surface area (Å²) in [5, 5.41) is 9.79. The molecule has 2 aromatic rings. The molecule has 2 N–H and O–H groups in total. The second kappa shape index (κ2) is 6.06. The molecule has 0 fully saturated rings. The highest BCUT2D eigenvalue weighted by Gasteiger charge is 2.10. The van der Waals surface area contributed by atoms with E-state index in [-0.39, 0.29) is 0 Å². The molecule has 0 radical (unpaired) electrons. The number of hydrogen-bond acceptors (Lipinski definition) is 7. The number of hydrogen-bond donors (Lipinski definition) is 1. The van der Waals surface area contributed by atoms with E-state index in [9.17, 15) is 0 Å². The molecule has 0 aliphatic carbocycles. The Hall–Kier alpha value is -1.86. The Morgan fingerprint density at radius 1 is 1.20 bits per heavy atom. The number of aromatic nitrogens is 1. The van der Waals surface area contributed by atoms with Gasteiger partial charge in [0, 0.05) is 6.07 Å². The van der Waals surface area contributed by atoms with E-state index in [1.165, 1.54) is 25.6 Å². The first-order valence-electron chi connectivity index (χ1n) is 5.61. The Morgan fingerprint density at radius 3 is 2.45 bits per heavy atom. The van der Waals surface area contributed by atoms with Crippen LogP contribution in [-0.4, -0.2) is 19.2 Å². The average Bonchev–Trinajstić information content (AvgIpc) is 2.74. The first-order chi connectivity index (χ1) is 9.55. The fourth-order valence-electron chi connectivity index (χ4n) is 1.52. The van der Waals surface area contributed by atoms with Crippen LogP contribution in [0.25, 0.3) is 0 Å².